The summed E-state index contributed by atoms with van der Waals surface area (Å²) >= 11 is 1.49. The van der Waals surface area contributed by atoms with Crippen molar-refractivity contribution in [2.24, 2.45) is 0 Å². The van der Waals surface area contributed by atoms with Gasteiger partial charge in [0, 0.05) is 30.7 Å². The minimum Gasteiger partial charge on any atom is -0.456 e. The van der Waals surface area contributed by atoms with E-state index in [1.54, 1.807) is 6.07 Å². The summed E-state index contributed by atoms with van der Waals surface area (Å²) in [5.74, 6) is 1.41. The van der Waals surface area contributed by atoms with Gasteiger partial charge >= 0.3 is 0 Å². The summed E-state index contributed by atoms with van der Waals surface area (Å²) in [6.07, 6.45) is 1.52. The van der Waals surface area contributed by atoms with E-state index in [2.05, 4.69) is 20.6 Å². The van der Waals surface area contributed by atoms with Crippen molar-refractivity contribution in [2.45, 2.75) is 6.92 Å². The molecule has 154 valence electrons. The Morgan fingerprint density at radius 2 is 2.00 bits per heavy atom. The number of nitrogens with one attached hydrogen (secondary N) is 2. The van der Waals surface area contributed by atoms with Gasteiger partial charge in [-0.15, -0.1) is 23.7 Å². The van der Waals surface area contributed by atoms with Crippen LogP contribution in [0.1, 0.15) is 16.1 Å². The SMILES string of the molecule is Cc1csc(Nc2cc(Oc3ccccc3)c(C(=O)NCCN(C)C)cn2)n1.Cl. The molecule has 0 atom stereocenters. The van der Waals surface area contributed by atoms with E-state index in [9.17, 15) is 4.79 Å². The molecular formula is C20H24ClN5O2S. The van der Waals surface area contributed by atoms with E-state index < -0.39 is 0 Å². The summed E-state index contributed by atoms with van der Waals surface area (Å²) in [6, 6.07) is 11.1. The fourth-order valence-corrected chi connectivity index (χ4v) is 3.08. The average molecular weight is 434 g/mol. The minimum atomic E-state index is -0.225. The molecule has 3 rings (SSSR count). The van der Waals surface area contributed by atoms with Crippen LogP contribution in [0, 0.1) is 6.92 Å². The Bertz CT molecular complexity index is 934. The lowest BCUT2D eigenvalue weighted by Crippen LogP contribution is -2.31. The van der Waals surface area contributed by atoms with Gasteiger partial charge < -0.3 is 20.3 Å². The number of hydrogen-bond acceptors (Lipinski definition) is 7. The predicted octanol–water partition coefficient (Wildman–Crippen LogP) is 4.10. The number of benzene rings is 1. The van der Waals surface area contributed by atoms with Crippen LogP contribution in [0.4, 0.5) is 10.9 Å². The van der Waals surface area contributed by atoms with E-state index in [0.717, 1.165) is 17.4 Å². The molecule has 29 heavy (non-hydrogen) atoms. The second-order valence-electron chi connectivity index (χ2n) is 6.46. The quantitative estimate of drug-likeness (QED) is 0.556. The smallest absolute Gasteiger partial charge is 0.256 e. The van der Waals surface area contributed by atoms with Crippen LogP contribution in [-0.4, -0.2) is 48.0 Å². The zero-order valence-electron chi connectivity index (χ0n) is 16.5. The van der Waals surface area contributed by atoms with Crippen molar-refractivity contribution in [3.8, 4) is 11.5 Å². The fraction of sp³-hybridized carbons (Fsp3) is 0.250. The largest absolute Gasteiger partial charge is 0.456 e. The molecule has 0 fully saturated rings. The molecule has 0 unspecified atom stereocenters. The van der Waals surface area contributed by atoms with Crippen LogP contribution in [-0.2, 0) is 0 Å². The van der Waals surface area contributed by atoms with E-state index >= 15 is 0 Å². The number of carbonyl (C=O) groups is 1. The van der Waals surface area contributed by atoms with Gasteiger partial charge in [-0.2, -0.15) is 0 Å². The number of hydrogen-bond donors (Lipinski definition) is 2. The monoisotopic (exact) mass is 433 g/mol. The Morgan fingerprint density at radius 3 is 2.66 bits per heavy atom. The number of halogens is 1. The molecule has 0 aliphatic rings. The Kier molecular flexibility index (Phi) is 8.38. The molecule has 0 aliphatic carbocycles. The first kappa shape index (κ1) is 22.6. The number of likely N-dealkylation sites (N-methyl/N-ethyl adjacent to an activating group) is 1. The van der Waals surface area contributed by atoms with Crippen LogP contribution < -0.4 is 15.4 Å². The van der Waals surface area contributed by atoms with Gasteiger partial charge in [0.15, 0.2) is 5.13 Å². The van der Waals surface area contributed by atoms with Crippen LogP contribution in [0.5, 0.6) is 11.5 Å². The molecule has 9 heteroatoms. The van der Waals surface area contributed by atoms with Crippen LogP contribution in [0.25, 0.3) is 0 Å². The topological polar surface area (TPSA) is 79.4 Å². The van der Waals surface area contributed by atoms with Gasteiger partial charge in [-0.05, 0) is 33.2 Å². The first-order valence-electron chi connectivity index (χ1n) is 8.86. The van der Waals surface area contributed by atoms with Crippen LogP contribution in [0.3, 0.4) is 0 Å². The number of nitrogens with zero attached hydrogens (tertiary/aromatic N) is 3. The van der Waals surface area contributed by atoms with Crippen molar-refractivity contribution in [3.05, 3.63) is 59.2 Å². The number of carbonyl (C=O) groups excluding carboxylic acids is 1. The summed E-state index contributed by atoms with van der Waals surface area (Å²) in [7, 11) is 3.91. The maximum Gasteiger partial charge on any atom is 0.256 e. The van der Waals surface area contributed by atoms with Crippen LogP contribution >= 0.6 is 23.7 Å². The highest BCUT2D eigenvalue weighted by Crippen LogP contribution is 2.29. The summed E-state index contributed by atoms with van der Waals surface area (Å²) < 4.78 is 5.97. The number of anilines is 2. The number of rotatable bonds is 8. The number of pyridine rings is 1. The Morgan fingerprint density at radius 1 is 1.24 bits per heavy atom. The van der Waals surface area contributed by atoms with Crippen LogP contribution in [0.2, 0.25) is 0 Å². The van der Waals surface area contributed by atoms with E-state index in [4.69, 9.17) is 4.74 Å². The summed E-state index contributed by atoms with van der Waals surface area (Å²) in [5, 5.41) is 8.74. The predicted molar refractivity (Wildman–Crippen MR) is 119 cm³/mol. The van der Waals surface area contributed by atoms with Gasteiger partial charge in [0.25, 0.3) is 5.91 Å². The molecule has 2 heterocycles. The lowest BCUT2D eigenvalue weighted by molar-refractivity contribution is 0.0948. The fourth-order valence-electron chi connectivity index (χ4n) is 2.38. The highest BCUT2D eigenvalue weighted by molar-refractivity contribution is 7.13. The minimum absolute atomic E-state index is 0. The highest BCUT2D eigenvalue weighted by Gasteiger charge is 2.16. The third-order valence-electron chi connectivity index (χ3n) is 3.78. The van der Waals surface area contributed by atoms with Crippen molar-refractivity contribution in [2.75, 3.05) is 32.5 Å². The van der Waals surface area contributed by atoms with Crippen molar-refractivity contribution >= 4 is 40.6 Å². The highest BCUT2D eigenvalue weighted by atomic mass is 35.5. The van der Waals surface area contributed by atoms with Crippen molar-refractivity contribution in [1.29, 1.82) is 0 Å². The second-order valence-corrected chi connectivity index (χ2v) is 7.32. The maximum absolute atomic E-state index is 12.6. The molecular weight excluding hydrogens is 410 g/mol. The van der Waals surface area contributed by atoms with Gasteiger partial charge in [0.1, 0.15) is 22.9 Å². The summed E-state index contributed by atoms with van der Waals surface area (Å²) in [4.78, 5) is 23.4. The summed E-state index contributed by atoms with van der Waals surface area (Å²) in [6.45, 7) is 3.21. The maximum atomic E-state index is 12.6. The average Bonchev–Trinajstić information content (AvgIpc) is 3.07. The summed E-state index contributed by atoms with van der Waals surface area (Å²) in [5.41, 5.74) is 1.31. The van der Waals surface area contributed by atoms with E-state index in [-0.39, 0.29) is 18.3 Å². The molecule has 0 radical (unpaired) electrons. The van der Waals surface area contributed by atoms with Gasteiger partial charge in [0.05, 0.1) is 5.69 Å². The number of ether oxygens (including phenoxy) is 1. The van der Waals surface area contributed by atoms with Gasteiger partial charge in [-0.25, -0.2) is 9.97 Å². The first-order chi connectivity index (χ1) is 13.5. The molecule has 0 saturated carbocycles. The molecule has 1 aromatic carbocycles. The zero-order chi connectivity index (χ0) is 19.9. The number of thiazole rings is 1. The van der Waals surface area contributed by atoms with Crippen molar-refractivity contribution in [3.63, 3.8) is 0 Å². The Balaban J connectivity index is 0.00000300. The molecule has 0 aliphatic heterocycles. The molecule has 0 bridgehead atoms. The zero-order valence-corrected chi connectivity index (χ0v) is 18.1. The third-order valence-corrected chi connectivity index (χ3v) is 4.66. The molecule has 1 amide bonds. The van der Waals surface area contributed by atoms with E-state index in [0.29, 0.717) is 29.4 Å². The molecule has 2 aromatic heterocycles. The number of aromatic nitrogens is 2. The second kappa shape index (κ2) is 10.8. The van der Waals surface area contributed by atoms with E-state index in [1.807, 2.05) is 61.6 Å². The molecule has 0 saturated heterocycles. The third kappa shape index (κ3) is 6.70. The van der Waals surface area contributed by atoms with Gasteiger partial charge in [-0.1, -0.05) is 18.2 Å². The normalized spacial score (nSPS) is 10.3. The van der Waals surface area contributed by atoms with Gasteiger partial charge in [0.2, 0.25) is 0 Å². The van der Waals surface area contributed by atoms with Crippen molar-refractivity contribution in [1.82, 2.24) is 20.2 Å². The molecule has 2 N–H and O–H groups in total. The molecule has 0 spiro atoms. The number of para-hydroxylation sites is 1. The van der Waals surface area contributed by atoms with Crippen LogP contribution in [0.15, 0.2) is 48.0 Å². The number of aryl methyl sites for hydroxylation is 1. The lowest BCUT2D eigenvalue weighted by atomic mass is 10.2. The Labute approximate surface area is 180 Å². The lowest BCUT2D eigenvalue weighted by Gasteiger charge is -2.14. The molecule has 3 aromatic rings. The first-order valence-corrected chi connectivity index (χ1v) is 9.74. The van der Waals surface area contributed by atoms with E-state index in [1.165, 1.54) is 17.5 Å². The van der Waals surface area contributed by atoms with Crippen molar-refractivity contribution < 1.29 is 9.53 Å². The molecule has 7 nitrogen and oxygen atoms in total. The Hall–Kier alpha value is -2.68. The number of amides is 1. The standard InChI is InChI=1S/C20H23N5O2S.ClH/c1-14-13-28-20(23-14)24-18-11-17(27-15-7-5-4-6-8-15)16(12-22-18)19(26)21-9-10-25(2)3;/h4-8,11-13H,9-10H2,1-3H3,(H,21,26)(H,22,23,24);1H. The van der Waals surface area contributed by atoms with Gasteiger partial charge in [-0.3, -0.25) is 4.79 Å².